The first-order valence-corrected chi connectivity index (χ1v) is 7.16. The number of hydrogen-bond donors (Lipinski definition) is 1. The van der Waals surface area contributed by atoms with Crippen molar-refractivity contribution >= 4 is 0 Å². The van der Waals surface area contributed by atoms with Crippen molar-refractivity contribution in [3.63, 3.8) is 0 Å². The molecule has 2 rings (SSSR count). The van der Waals surface area contributed by atoms with E-state index >= 15 is 0 Å². The van der Waals surface area contributed by atoms with Crippen LogP contribution >= 0.6 is 0 Å². The number of piperidine rings is 1. The standard InChI is InChI=1S/C15H21F3N2O/c1-20(11-13-3-2-8-19-9-13)10-12-4-6-14(7-5-12)21-15(16,17)18/h4-7,13,19H,2-3,8-11H2,1H3. The number of halogens is 3. The SMILES string of the molecule is CN(Cc1ccc(OC(F)(F)F)cc1)CC1CCCNC1. The molecule has 118 valence electrons. The summed E-state index contributed by atoms with van der Waals surface area (Å²) < 4.78 is 40.1. The molecule has 1 aliphatic rings. The minimum absolute atomic E-state index is 0.176. The third-order valence-corrected chi connectivity index (χ3v) is 3.58. The first-order valence-electron chi connectivity index (χ1n) is 7.16. The summed E-state index contributed by atoms with van der Waals surface area (Å²) in [6.07, 6.45) is -2.19. The molecule has 0 amide bonds. The van der Waals surface area contributed by atoms with Gasteiger partial charge in [0.05, 0.1) is 0 Å². The predicted molar refractivity (Wildman–Crippen MR) is 75.1 cm³/mol. The van der Waals surface area contributed by atoms with E-state index < -0.39 is 6.36 Å². The molecule has 1 heterocycles. The highest BCUT2D eigenvalue weighted by atomic mass is 19.4. The lowest BCUT2D eigenvalue weighted by Gasteiger charge is -2.27. The highest BCUT2D eigenvalue weighted by Crippen LogP contribution is 2.23. The van der Waals surface area contributed by atoms with Crippen molar-refractivity contribution < 1.29 is 17.9 Å². The Kier molecular flexibility index (Phi) is 5.47. The van der Waals surface area contributed by atoms with Gasteiger partial charge >= 0.3 is 6.36 Å². The Morgan fingerprint density at radius 3 is 2.57 bits per heavy atom. The molecule has 1 aromatic carbocycles. The monoisotopic (exact) mass is 302 g/mol. The number of alkyl halides is 3. The van der Waals surface area contributed by atoms with Crippen LogP contribution in [0.25, 0.3) is 0 Å². The zero-order valence-corrected chi connectivity index (χ0v) is 12.1. The normalized spacial score (nSPS) is 19.8. The first-order chi connectivity index (χ1) is 9.92. The van der Waals surface area contributed by atoms with Crippen LogP contribution in [0.5, 0.6) is 5.75 Å². The maximum Gasteiger partial charge on any atom is 0.573 e. The van der Waals surface area contributed by atoms with Crippen molar-refractivity contribution in [3.8, 4) is 5.75 Å². The lowest BCUT2D eigenvalue weighted by molar-refractivity contribution is -0.274. The van der Waals surface area contributed by atoms with E-state index in [1.165, 1.54) is 25.0 Å². The molecule has 1 aromatic rings. The summed E-state index contributed by atoms with van der Waals surface area (Å²) >= 11 is 0. The molecular formula is C15H21F3N2O. The summed E-state index contributed by atoms with van der Waals surface area (Å²) in [5, 5.41) is 3.38. The zero-order valence-electron chi connectivity index (χ0n) is 12.1. The van der Waals surface area contributed by atoms with Crippen molar-refractivity contribution in [2.75, 3.05) is 26.7 Å². The van der Waals surface area contributed by atoms with Crippen molar-refractivity contribution in [2.24, 2.45) is 5.92 Å². The lowest BCUT2D eigenvalue weighted by Crippen LogP contribution is -2.36. The fourth-order valence-corrected chi connectivity index (χ4v) is 2.69. The Morgan fingerprint density at radius 2 is 2.00 bits per heavy atom. The Hall–Kier alpha value is -1.27. The minimum Gasteiger partial charge on any atom is -0.406 e. The Morgan fingerprint density at radius 1 is 1.29 bits per heavy atom. The summed E-state index contributed by atoms with van der Waals surface area (Å²) in [6, 6.07) is 6.07. The maximum absolute atomic E-state index is 12.1. The average molecular weight is 302 g/mol. The van der Waals surface area contributed by atoms with Gasteiger partial charge < -0.3 is 15.0 Å². The van der Waals surface area contributed by atoms with Crippen molar-refractivity contribution in [2.45, 2.75) is 25.7 Å². The quantitative estimate of drug-likeness (QED) is 0.905. The van der Waals surface area contributed by atoms with Crippen LogP contribution in [0.1, 0.15) is 18.4 Å². The van der Waals surface area contributed by atoms with Gasteiger partial charge in [0.15, 0.2) is 0 Å². The van der Waals surface area contributed by atoms with Crippen LogP contribution in [0.3, 0.4) is 0 Å². The van der Waals surface area contributed by atoms with E-state index in [-0.39, 0.29) is 5.75 Å². The molecule has 3 nitrogen and oxygen atoms in total. The second kappa shape index (κ2) is 7.13. The van der Waals surface area contributed by atoms with Gasteiger partial charge in [0.2, 0.25) is 0 Å². The summed E-state index contributed by atoms with van der Waals surface area (Å²) in [6.45, 7) is 3.86. The van der Waals surface area contributed by atoms with Gasteiger partial charge in [-0.3, -0.25) is 0 Å². The smallest absolute Gasteiger partial charge is 0.406 e. The van der Waals surface area contributed by atoms with Gasteiger partial charge in [0.1, 0.15) is 5.75 Å². The van der Waals surface area contributed by atoms with Crippen LogP contribution in [0.2, 0.25) is 0 Å². The fourth-order valence-electron chi connectivity index (χ4n) is 2.69. The topological polar surface area (TPSA) is 24.5 Å². The number of nitrogens with one attached hydrogen (secondary N) is 1. The molecule has 0 bridgehead atoms. The number of rotatable bonds is 5. The second-order valence-electron chi connectivity index (χ2n) is 5.60. The van der Waals surface area contributed by atoms with Crippen LogP contribution in [0, 0.1) is 5.92 Å². The highest BCUT2D eigenvalue weighted by Gasteiger charge is 2.30. The van der Waals surface area contributed by atoms with E-state index in [9.17, 15) is 13.2 Å². The van der Waals surface area contributed by atoms with Gasteiger partial charge in [0.25, 0.3) is 0 Å². The lowest BCUT2D eigenvalue weighted by atomic mass is 9.99. The van der Waals surface area contributed by atoms with Gasteiger partial charge in [-0.2, -0.15) is 0 Å². The zero-order chi connectivity index (χ0) is 15.3. The third-order valence-electron chi connectivity index (χ3n) is 3.58. The molecule has 1 saturated heterocycles. The van der Waals surface area contributed by atoms with Crippen molar-refractivity contribution in [1.29, 1.82) is 0 Å². The Balaban J connectivity index is 1.81. The molecule has 0 saturated carbocycles. The number of ether oxygens (including phenoxy) is 1. The van der Waals surface area contributed by atoms with Gasteiger partial charge in [-0.1, -0.05) is 12.1 Å². The first kappa shape index (κ1) is 16.1. The molecular weight excluding hydrogens is 281 g/mol. The van der Waals surface area contributed by atoms with E-state index in [4.69, 9.17) is 0 Å². The van der Waals surface area contributed by atoms with E-state index in [0.29, 0.717) is 5.92 Å². The second-order valence-corrected chi connectivity index (χ2v) is 5.60. The third kappa shape index (κ3) is 5.93. The van der Waals surface area contributed by atoms with Crippen LogP contribution in [0.15, 0.2) is 24.3 Å². The Labute approximate surface area is 123 Å². The average Bonchev–Trinajstić information content (AvgIpc) is 2.40. The highest BCUT2D eigenvalue weighted by molar-refractivity contribution is 5.27. The summed E-state index contributed by atoms with van der Waals surface area (Å²) in [4.78, 5) is 2.21. The maximum atomic E-state index is 12.1. The number of benzene rings is 1. The van der Waals surface area contributed by atoms with Crippen LogP contribution in [-0.4, -0.2) is 37.9 Å². The largest absolute Gasteiger partial charge is 0.573 e. The molecule has 0 aromatic heterocycles. The van der Waals surface area contributed by atoms with E-state index in [0.717, 1.165) is 31.7 Å². The van der Waals surface area contributed by atoms with E-state index in [2.05, 4.69) is 15.0 Å². The van der Waals surface area contributed by atoms with Crippen LogP contribution in [-0.2, 0) is 6.54 Å². The fraction of sp³-hybridized carbons (Fsp3) is 0.600. The molecule has 0 radical (unpaired) electrons. The molecule has 1 N–H and O–H groups in total. The minimum atomic E-state index is -4.63. The summed E-state index contributed by atoms with van der Waals surface area (Å²) in [5.41, 5.74) is 0.982. The van der Waals surface area contributed by atoms with Gasteiger partial charge in [-0.25, -0.2) is 0 Å². The summed E-state index contributed by atoms with van der Waals surface area (Å²) in [5.74, 6) is 0.474. The Bertz CT molecular complexity index is 428. The predicted octanol–water partition coefficient (Wildman–Crippen LogP) is 3.02. The molecule has 21 heavy (non-hydrogen) atoms. The molecule has 0 aliphatic carbocycles. The van der Waals surface area contributed by atoms with Crippen LogP contribution < -0.4 is 10.1 Å². The van der Waals surface area contributed by atoms with Gasteiger partial charge in [-0.05, 0) is 56.6 Å². The van der Waals surface area contributed by atoms with E-state index in [1.54, 1.807) is 12.1 Å². The number of hydrogen-bond acceptors (Lipinski definition) is 3. The summed E-state index contributed by atoms with van der Waals surface area (Å²) in [7, 11) is 2.04. The molecule has 1 aliphatic heterocycles. The molecule has 1 unspecified atom stereocenters. The molecule has 1 fully saturated rings. The molecule has 6 heteroatoms. The van der Waals surface area contributed by atoms with Crippen molar-refractivity contribution in [1.82, 2.24) is 10.2 Å². The van der Waals surface area contributed by atoms with Gasteiger partial charge in [0, 0.05) is 13.1 Å². The molecule has 0 spiro atoms. The van der Waals surface area contributed by atoms with E-state index in [1.807, 2.05) is 7.05 Å². The van der Waals surface area contributed by atoms with Crippen LogP contribution in [0.4, 0.5) is 13.2 Å². The van der Waals surface area contributed by atoms with Gasteiger partial charge in [-0.15, -0.1) is 13.2 Å². The number of nitrogens with zero attached hydrogens (tertiary/aromatic N) is 1. The van der Waals surface area contributed by atoms with Crippen molar-refractivity contribution in [3.05, 3.63) is 29.8 Å². The molecule has 1 atom stereocenters.